The molecular formula is C22H23N3O3. The van der Waals surface area contributed by atoms with Gasteiger partial charge in [-0.1, -0.05) is 48.5 Å². The van der Waals surface area contributed by atoms with E-state index in [-0.39, 0.29) is 30.2 Å². The molecule has 0 aromatic heterocycles. The van der Waals surface area contributed by atoms with Crippen molar-refractivity contribution in [3.63, 3.8) is 0 Å². The van der Waals surface area contributed by atoms with Crippen LogP contribution in [0.15, 0.2) is 54.6 Å². The molecule has 0 saturated carbocycles. The Kier molecular flexibility index (Phi) is 5.10. The van der Waals surface area contributed by atoms with Gasteiger partial charge in [-0.3, -0.25) is 14.4 Å². The van der Waals surface area contributed by atoms with E-state index in [1.807, 2.05) is 54.6 Å². The molecule has 2 aliphatic rings. The van der Waals surface area contributed by atoms with E-state index < -0.39 is 0 Å². The Balaban J connectivity index is 1.49. The Hall–Kier alpha value is -3.15. The third-order valence-corrected chi connectivity index (χ3v) is 5.43. The van der Waals surface area contributed by atoms with Crippen LogP contribution in [0.1, 0.15) is 12.8 Å². The Labute approximate surface area is 164 Å². The fraction of sp³-hybridized carbons (Fsp3) is 0.318. The largest absolute Gasteiger partial charge is 0.355 e. The molecule has 0 bridgehead atoms. The third kappa shape index (κ3) is 3.63. The standard InChI is InChI=1S/C22H23N3O3/c26-20-11-10-17(14-23-20)22(28)24-12-13-25(21(27)15-24)19-9-5-4-8-18(19)16-6-2-1-3-7-16/h1-9,17H,10-15H2,(H,23,26)/t17-/m0/s1. The highest BCUT2D eigenvalue weighted by atomic mass is 16.2. The number of benzene rings is 2. The first kappa shape index (κ1) is 18.2. The minimum atomic E-state index is -0.228. The van der Waals surface area contributed by atoms with Gasteiger partial charge >= 0.3 is 0 Å². The zero-order valence-corrected chi connectivity index (χ0v) is 15.6. The fourth-order valence-electron chi connectivity index (χ4n) is 3.89. The quantitative estimate of drug-likeness (QED) is 0.890. The first-order valence-corrected chi connectivity index (χ1v) is 9.64. The monoisotopic (exact) mass is 377 g/mol. The van der Waals surface area contributed by atoms with E-state index in [1.54, 1.807) is 9.80 Å². The Bertz CT molecular complexity index is 887. The average Bonchev–Trinajstić information content (AvgIpc) is 2.74. The lowest BCUT2D eigenvalue weighted by molar-refractivity contribution is -0.141. The zero-order valence-electron chi connectivity index (χ0n) is 15.6. The van der Waals surface area contributed by atoms with Gasteiger partial charge in [0, 0.05) is 31.6 Å². The van der Waals surface area contributed by atoms with Crippen molar-refractivity contribution in [3.8, 4) is 11.1 Å². The number of nitrogens with one attached hydrogen (secondary N) is 1. The van der Waals surface area contributed by atoms with Crippen molar-refractivity contribution in [2.24, 2.45) is 5.92 Å². The number of hydrogen-bond acceptors (Lipinski definition) is 3. The summed E-state index contributed by atoms with van der Waals surface area (Å²) in [6.45, 7) is 1.40. The number of hydrogen-bond donors (Lipinski definition) is 1. The molecule has 4 rings (SSSR count). The van der Waals surface area contributed by atoms with Crippen molar-refractivity contribution < 1.29 is 14.4 Å². The summed E-state index contributed by atoms with van der Waals surface area (Å²) in [6.07, 6.45) is 0.921. The fourth-order valence-corrected chi connectivity index (χ4v) is 3.89. The molecule has 1 atom stereocenters. The van der Waals surface area contributed by atoms with E-state index in [1.165, 1.54) is 0 Å². The third-order valence-electron chi connectivity index (χ3n) is 5.43. The van der Waals surface area contributed by atoms with Crippen molar-refractivity contribution in [3.05, 3.63) is 54.6 Å². The summed E-state index contributed by atoms with van der Waals surface area (Å²) in [4.78, 5) is 40.3. The molecule has 2 aromatic rings. The van der Waals surface area contributed by atoms with E-state index in [0.29, 0.717) is 32.5 Å². The van der Waals surface area contributed by atoms with E-state index in [0.717, 1.165) is 16.8 Å². The molecule has 0 aliphatic carbocycles. The van der Waals surface area contributed by atoms with Crippen LogP contribution in [-0.2, 0) is 14.4 Å². The van der Waals surface area contributed by atoms with Gasteiger partial charge in [-0.05, 0) is 18.1 Å². The summed E-state index contributed by atoms with van der Waals surface area (Å²) in [6, 6.07) is 17.8. The number of carbonyl (C=O) groups excluding carboxylic acids is 3. The predicted octanol–water partition coefficient (Wildman–Crippen LogP) is 2.06. The molecule has 0 unspecified atom stereocenters. The van der Waals surface area contributed by atoms with Crippen LogP contribution in [0.3, 0.4) is 0 Å². The van der Waals surface area contributed by atoms with Gasteiger partial charge in [0.15, 0.2) is 0 Å². The van der Waals surface area contributed by atoms with Crippen LogP contribution >= 0.6 is 0 Å². The minimum absolute atomic E-state index is 0.0116. The average molecular weight is 377 g/mol. The van der Waals surface area contributed by atoms with Gasteiger partial charge < -0.3 is 15.1 Å². The van der Waals surface area contributed by atoms with Crippen molar-refractivity contribution in [1.82, 2.24) is 10.2 Å². The second-order valence-corrected chi connectivity index (χ2v) is 7.23. The highest BCUT2D eigenvalue weighted by molar-refractivity contribution is 6.01. The second kappa shape index (κ2) is 7.84. The molecule has 0 spiro atoms. The highest BCUT2D eigenvalue weighted by Gasteiger charge is 2.34. The molecule has 2 aromatic carbocycles. The number of piperazine rings is 1. The van der Waals surface area contributed by atoms with Crippen molar-refractivity contribution in [1.29, 1.82) is 0 Å². The maximum atomic E-state index is 12.9. The molecule has 6 heteroatoms. The van der Waals surface area contributed by atoms with Gasteiger partial charge in [0.2, 0.25) is 17.7 Å². The maximum absolute atomic E-state index is 12.9. The molecule has 0 radical (unpaired) electrons. The molecule has 1 N–H and O–H groups in total. The first-order chi connectivity index (χ1) is 13.6. The highest BCUT2D eigenvalue weighted by Crippen LogP contribution is 2.31. The molecule has 2 heterocycles. The summed E-state index contributed by atoms with van der Waals surface area (Å²) in [5.41, 5.74) is 2.93. The van der Waals surface area contributed by atoms with E-state index >= 15 is 0 Å². The van der Waals surface area contributed by atoms with Crippen LogP contribution in [0.5, 0.6) is 0 Å². The SMILES string of the molecule is O=C1CC[C@H](C(=O)N2CCN(c3ccccc3-c3ccccc3)C(=O)C2)CN1. The van der Waals surface area contributed by atoms with Crippen LogP contribution in [-0.4, -0.2) is 48.8 Å². The second-order valence-electron chi connectivity index (χ2n) is 7.23. The summed E-state index contributed by atoms with van der Waals surface area (Å²) in [7, 11) is 0. The molecule has 2 fully saturated rings. The lowest BCUT2D eigenvalue weighted by Gasteiger charge is -2.37. The van der Waals surface area contributed by atoms with Crippen LogP contribution in [0, 0.1) is 5.92 Å². The van der Waals surface area contributed by atoms with Crippen LogP contribution in [0.4, 0.5) is 5.69 Å². The first-order valence-electron chi connectivity index (χ1n) is 9.64. The summed E-state index contributed by atoms with van der Waals surface area (Å²) in [5, 5.41) is 2.74. The van der Waals surface area contributed by atoms with Gasteiger partial charge in [-0.2, -0.15) is 0 Å². The Morgan fingerprint density at radius 3 is 2.43 bits per heavy atom. The molecule has 6 nitrogen and oxygen atoms in total. The number of carbonyl (C=O) groups is 3. The number of amides is 3. The number of anilines is 1. The molecular weight excluding hydrogens is 354 g/mol. The van der Waals surface area contributed by atoms with Gasteiger partial charge in [0.25, 0.3) is 0 Å². The molecule has 28 heavy (non-hydrogen) atoms. The van der Waals surface area contributed by atoms with Gasteiger partial charge in [0.1, 0.15) is 6.54 Å². The topological polar surface area (TPSA) is 69.7 Å². The summed E-state index contributed by atoms with van der Waals surface area (Å²) < 4.78 is 0. The Morgan fingerprint density at radius 1 is 0.964 bits per heavy atom. The van der Waals surface area contributed by atoms with Crippen molar-refractivity contribution in [2.75, 3.05) is 31.1 Å². The smallest absolute Gasteiger partial charge is 0.246 e. The van der Waals surface area contributed by atoms with E-state index in [9.17, 15) is 14.4 Å². The number of rotatable bonds is 3. The Morgan fingerprint density at radius 2 is 1.71 bits per heavy atom. The number of para-hydroxylation sites is 1. The van der Waals surface area contributed by atoms with Gasteiger partial charge in [-0.15, -0.1) is 0 Å². The lowest BCUT2D eigenvalue weighted by atomic mass is 9.97. The number of piperidine rings is 1. The van der Waals surface area contributed by atoms with Crippen LogP contribution < -0.4 is 10.2 Å². The maximum Gasteiger partial charge on any atom is 0.246 e. The van der Waals surface area contributed by atoms with Gasteiger partial charge in [0.05, 0.1) is 11.6 Å². The molecule has 144 valence electrons. The van der Waals surface area contributed by atoms with Crippen molar-refractivity contribution >= 4 is 23.4 Å². The minimum Gasteiger partial charge on any atom is -0.355 e. The van der Waals surface area contributed by atoms with E-state index in [2.05, 4.69) is 5.32 Å². The van der Waals surface area contributed by atoms with Crippen molar-refractivity contribution in [2.45, 2.75) is 12.8 Å². The molecule has 2 aliphatic heterocycles. The molecule has 3 amide bonds. The lowest BCUT2D eigenvalue weighted by Crippen LogP contribution is -2.55. The summed E-state index contributed by atoms with van der Waals surface area (Å²) in [5.74, 6) is -0.358. The molecule has 2 saturated heterocycles. The van der Waals surface area contributed by atoms with Crippen LogP contribution in [0.2, 0.25) is 0 Å². The number of nitrogens with zero attached hydrogens (tertiary/aromatic N) is 2. The van der Waals surface area contributed by atoms with Gasteiger partial charge in [-0.25, -0.2) is 0 Å². The normalized spacial score (nSPS) is 20.1. The predicted molar refractivity (Wildman–Crippen MR) is 107 cm³/mol. The van der Waals surface area contributed by atoms with E-state index in [4.69, 9.17) is 0 Å². The summed E-state index contributed by atoms with van der Waals surface area (Å²) >= 11 is 0. The zero-order chi connectivity index (χ0) is 19.5. The van der Waals surface area contributed by atoms with Crippen LogP contribution in [0.25, 0.3) is 11.1 Å².